The monoisotopic (exact) mass is 222 g/mol. The Morgan fingerprint density at radius 3 is 2.50 bits per heavy atom. The second kappa shape index (κ2) is 4.27. The van der Waals surface area contributed by atoms with Crippen LogP contribution in [0.15, 0.2) is 0 Å². The molecule has 1 N–H and O–H groups in total. The van der Waals surface area contributed by atoms with Gasteiger partial charge in [-0.25, -0.2) is 8.42 Å². The number of carbonyl (C=O) groups is 1. The number of sulfone groups is 1. The predicted octanol–water partition coefficient (Wildman–Crippen LogP) is -0.655. The SMILES string of the molecule is COC(=O)[C@H]1CCS(=O)(=O)CC[C@H]1O. The number of esters is 1. The number of hydrogen-bond acceptors (Lipinski definition) is 5. The first-order valence-corrected chi connectivity index (χ1v) is 6.25. The maximum Gasteiger partial charge on any atom is 0.311 e. The van der Waals surface area contributed by atoms with Gasteiger partial charge < -0.3 is 9.84 Å². The minimum atomic E-state index is -3.09. The number of carbonyl (C=O) groups excluding carboxylic acids is 1. The summed E-state index contributed by atoms with van der Waals surface area (Å²) in [5.74, 6) is -1.34. The lowest BCUT2D eigenvalue weighted by Crippen LogP contribution is -2.28. The Hall–Kier alpha value is -0.620. The number of hydrogen-bond donors (Lipinski definition) is 1. The van der Waals surface area contributed by atoms with Crippen LogP contribution in [0.1, 0.15) is 12.8 Å². The van der Waals surface area contributed by atoms with Crippen molar-refractivity contribution in [3.63, 3.8) is 0 Å². The van der Waals surface area contributed by atoms with Crippen LogP contribution in [0.4, 0.5) is 0 Å². The van der Waals surface area contributed by atoms with Crippen molar-refractivity contribution < 1.29 is 23.1 Å². The maximum absolute atomic E-state index is 11.2. The summed E-state index contributed by atoms with van der Waals surface area (Å²) < 4.78 is 26.9. The standard InChI is InChI=1S/C8H14O5S/c1-13-8(10)6-2-4-14(11,12)5-3-7(6)9/h6-7,9H,2-5H2,1H3/t6-,7+/m0/s1. The Morgan fingerprint density at radius 2 is 1.93 bits per heavy atom. The van der Waals surface area contributed by atoms with Crippen LogP contribution in [0, 0.1) is 5.92 Å². The van der Waals surface area contributed by atoms with Crippen molar-refractivity contribution in [2.45, 2.75) is 18.9 Å². The topological polar surface area (TPSA) is 80.7 Å². The smallest absolute Gasteiger partial charge is 0.311 e. The fourth-order valence-electron chi connectivity index (χ4n) is 1.53. The van der Waals surface area contributed by atoms with Gasteiger partial charge in [0.15, 0.2) is 0 Å². The molecule has 0 bridgehead atoms. The molecule has 0 aromatic heterocycles. The molecular weight excluding hydrogens is 208 g/mol. The highest BCUT2D eigenvalue weighted by Gasteiger charge is 2.33. The Morgan fingerprint density at radius 1 is 1.36 bits per heavy atom. The normalized spacial score (nSPS) is 31.9. The minimum absolute atomic E-state index is 0.0518. The van der Waals surface area contributed by atoms with E-state index in [9.17, 15) is 18.3 Å². The van der Waals surface area contributed by atoms with Crippen molar-refractivity contribution in [3.05, 3.63) is 0 Å². The molecule has 1 aliphatic rings. The Balaban J connectivity index is 2.75. The zero-order valence-corrected chi connectivity index (χ0v) is 8.79. The zero-order valence-electron chi connectivity index (χ0n) is 7.97. The molecule has 1 heterocycles. The summed E-state index contributed by atoms with van der Waals surface area (Å²) in [6.07, 6.45) is -0.641. The third-order valence-electron chi connectivity index (χ3n) is 2.43. The van der Waals surface area contributed by atoms with Gasteiger partial charge in [-0.15, -0.1) is 0 Å². The second-order valence-electron chi connectivity index (χ2n) is 3.43. The molecule has 6 heteroatoms. The molecule has 14 heavy (non-hydrogen) atoms. The minimum Gasteiger partial charge on any atom is -0.469 e. The molecule has 0 aromatic carbocycles. The molecule has 0 amide bonds. The second-order valence-corrected chi connectivity index (χ2v) is 5.73. The fraction of sp³-hybridized carbons (Fsp3) is 0.875. The van der Waals surface area contributed by atoms with Crippen LogP contribution in [-0.2, 0) is 19.4 Å². The lowest BCUT2D eigenvalue weighted by molar-refractivity contribution is -0.149. The summed E-state index contributed by atoms with van der Waals surface area (Å²) in [6.45, 7) is 0. The van der Waals surface area contributed by atoms with Gasteiger partial charge >= 0.3 is 5.97 Å². The predicted molar refractivity (Wildman–Crippen MR) is 49.4 cm³/mol. The third kappa shape index (κ3) is 2.68. The van der Waals surface area contributed by atoms with Crippen molar-refractivity contribution in [1.29, 1.82) is 0 Å². The molecule has 5 nitrogen and oxygen atoms in total. The highest BCUT2D eigenvalue weighted by atomic mass is 32.2. The third-order valence-corrected chi connectivity index (χ3v) is 4.15. The van der Waals surface area contributed by atoms with Crippen molar-refractivity contribution in [1.82, 2.24) is 0 Å². The molecule has 1 saturated heterocycles. The van der Waals surface area contributed by atoms with E-state index in [-0.39, 0.29) is 24.3 Å². The van der Waals surface area contributed by atoms with Gasteiger partial charge in [-0.3, -0.25) is 4.79 Å². The first kappa shape index (κ1) is 11.5. The fourth-order valence-corrected chi connectivity index (χ4v) is 2.95. The van der Waals surface area contributed by atoms with E-state index in [1.54, 1.807) is 0 Å². The highest BCUT2D eigenvalue weighted by Crippen LogP contribution is 2.20. The van der Waals surface area contributed by atoms with Gasteiger partial charge in [0, 0.05) is 0 Å². The molecule has 1 rings (SSSR count). The van der Waals surface area contributed by atoms with Crippen LogP contribution in [0.25, 0.3) is 0 Å². The molecule has 0 aromatic rings. The number of ether oxygens (including phenoxy) is 1. The Labute approximate surface area is 83.0 Å². The van der Waals surface area contributed by atoms with E-state index in [1.807, 2.05) is 0 Å². The Bertz CT molecular complexity index is 308. The first-order chi connectivity index (χ1) is 6.46. The summed E-state index contributed by atoms with van der Waals surface area (Å²) in [5, 5.41) is 9.52. The lowest BCUT2D eigenvalue weighted by Gasteiger charge is -2.16. The molecule has 0 saturated carbocycles. The largest absolute Gasteiger partial charge is 0.469 e. The maximum atomic E-state index is 11.2. The van der Waals surface area contributed by atoms with Gasteiger partial charge in [0.25, 0.3) is 0 Å². The van der Waals surface area contributed by atoms with E-state index in [0.717, 1.165) is 0 Å². The highest BCUT2D eigenvalue weighted by molar-refractivity contribution is 7.91. The van der Waals surface area contributed by atoms with Crippen molar-refractivity contribution >= 4 is 15.8 Å². The van der Waals surface area contributed by atoms with E-state index >= 15 is 0 Å². The summed E-state index contributed by atoms with van der Waals surface area (Å²) >= 11 is 0. The lowest BCUT2D eigenvalue weighted by atomic mass is 9.98. The summed E-state index contributed by atoms with van der Waals surface area (Å²) in [7, 11) is -1.86. The number of aliphatic hydroxyl groups is 1. The molecule has 1 aliphatic heterocycles. The number of methoxy groups -OCH3 is 1. The number of aliphatic hydroxyl groups excluding tert-OH is 1. The molecule has 0 radical (unpaired) electrons. The molecule has 0 spiro atoms. The summed E-state index contributed by atoms with van der Waals surface area (Å²) in [4.78, 5) is 11.2. The Kier molecular flexibility index (Phi) is 3.49. The molecule has 0 aliphatic carbocycles. The van der Waals surface area contributed by atoms with Crippen LogP contribution in [0.5, 0.6) is 0 Å². The molecular formula is C8H14O5S. The number of rotatable bonds is 1. The van der Waals surface area contributed by atoms with Gasteiger partial charge in [-0.2, -0.15) is 0 Å². The van der Waals surface area contributed by atoms with Gasteiger partial charge in [0.2, 0.25) is 0 Å². The average molecular weight is 222 g/mol. The van der Waals surface area contributed by atoms with Crippen molar-refractivity contribution in [2.24, 2.45) is 5.92 Å². The van der Waals surface area contributed by atoms with Gasteiger partial charge in [0.05, 0.1) is 30.6 Å². The van der Waals surface area contributed by atoms with Crippen LogP contribution in [0.2, 0.25) is 0 Å². The molecule has 1 fully saturated rings. The zero-order chi connectivity index (χ0) is 10.8. The van der Waals surface area contributed by atoms with Gasteiger partial charge in [-0.05, 0) is 12.8 Å². The van der Waals surface area contributed by atoms with Crippen LogP contribution in [0.3, 0.4) is 0 Å². The van der Waals surface area contributed by atoms with Gasteiger partial charge in [-0.1, -0.05) is 0 Å². The molecule has 2 atom stereocenters. The van der Waals surface area contributed by atoms with Crippen LogP contribution >= 0.6 is 0 Å². The quantitative estimate of drug-likeness (QED) is 0.596. The van der Waals surface area contributed by atoms with Crippen LogP contribution < -0.4 is 0 Å². The van der Waals surface area contributed by atoms with E-state index in [4.69, 9.17) is 0 Å². The van der Waals surface area contributed by atoms with E-state index < -0.39 is 27.8 Å². The average Bonchev–Trinajstić information content (AvgIpc) is 2.26. The van der Waals surface area contributed by atoms with E-state index in [2.05, 4.69) is 4.74 Å². The first-order valence-electron chi connectivity index (χ1n) is 4.42. The summed E-state index contributed by atoms with van der Waals surface area (Å²) in [6, 6.07) is 0. The van der Waals surface area contributed by atoms with Crippen molar-refractivity contribution in [2.75, 3.05) is 18.6 Å². The van der Waals surface area contributed by atoms with E-state index in [1.165, 1.54) is 7.11 Å². The van der Waals surface area contributed by atoms with Crippen molar-refractivity contribution in [3.8, 4) is 0 Å². The summed E-state index contributed by atoms with van der Waals surface area (Å²) in [5.41, 5.74) is 0. The van der Waals surface area contributed by atoms with Gasteiger partial charge in [0.1, 0.15) is 9.84 Å². The molecule has 82 valence electrons. The molecule has 0 unspecified atom stereocenters. The van der Waals surface area contributed by atoms with Crippen LogP contribution in [-0.4, -0.2) is 44.2 Å². The van der Waals surface area contributed by atoms with E-state index in [0.29, 0.717) is 0 Å².